The van der Waals surface area contributed by atoms with Crippen LogP contribution in [0, 0.1) is 0 Å². The Morgan fingerprint density at radius 1 is 1.33 bits per heavy atom. The third-order valence-electron chi connectivity index (χ3n) is 2.69. The quantitative estimate of drug-likeness (QED) is 0.763. The fourth-order valence-corrected chi connectivity index (χ4v) is 2.49. The first-order valence-electron chi connectivity index (χ1n) is 6.66. The third-order valence-corrected chi connectivity index (χ3v) is 3.61. The van der Waals surface area contributed by atoms with Crippen molar-refractivity contribution in [1.82, 2.24) is 20.6 Å². The summed E-state index contributed by atoms with van der Waals surface area (Å²) in [5, 5.41) is 8.37. The number of rotatable bonds is 7. The van der Waals surface area contributed by atoms with Gasteiger partial charge in [-0.1, -0.05) is 6.07 Å². The van der Waals surface area contributed by atoms with Crippen LogP contribution in [0.25, 0.3) is 10.7 Å². The standard InChI is InChI=1S/C14H18N4O2S/c1-20-9-8-17-14(19)16-7-5-11-10-21-13(18-11)12-4-2-3-6-15-12/h2-4,6,10H,5,7-9H2,1H3,(H2,16,17,19). The van der Waals surface area contributed by atoms with Crippen LogP contribution in [-0.2, 0) is 11.2 Å². The Morgan fingerprint density at radius 3 is 2.95 bits per heavy atom. The lowest BCUT2D eigenvalue weighted by Crippen LogP contribution is -2.38. The van der Waals surface area contributed by atoms with E-state index in [1.54, 1.807) is 24.6 Å². The molecule has 0 aliphatic heterocycles. The van der Waals surface area contributed by atoms with E-state index in [1.807, 2.05) is 23.6 Å². The highest BCUT2D eigenvalue weighted by Gasteiger charge is 2.06. The number of nitrogens with one attached hydrogen (secondary N) is 2. The molecule has 2 amide bonds. The van der Waals surface area contributed by atoms with Crippen LogP contribution in [-0.4, -0.2) is 42.8 Å². The lowest BCUT2D eigenvalue weighted by Gasteiger charge is -2.05. The van der Waals surface area contributed by atoms with Crippen LogP contribution in [0.3, 0.4) is 0 Å². The summed E-state index contributed by atoms with van der Waals surface area (Å²) >= 11 is 1.56. The number of thiazole rings is 1. The van der Waals surface area contributed by atoms with Gasteiger partial charge in [0.25, 0.3) is 0 Å². The van der Waals surface area contributed by atoms with Crippen molar-refractivity contribution in [2.45, 2.75) is 6.42 Å². The summed E-state index contributed by atoms with van der Waals surface area (Å²) in [6.45, 7) is 1.56. The number of amides is 2. The number of carbonyl (C=O) groups is 1. The zero-order valence-electron chi connectivity index (χ0n) is 11.8. The van der Waals surface area contributed by atoms with Crippen LogP contribution in [0.5, 0.6) is 0 Å². The summed E-state index contributed by atoms with van der Waals surface area (Å²) < 4.78 is 4.85. The van der Waals surface area contributed by atoms with Gasteiger partial charge >= 0.3 is 6.03 Å². The van der Waals surface area contributed by atoms with E-state index in [2.05, 4.69) is 20.6 Å². The molecule has 21 heavy (non-hydrogen) atoms. The Hall–Kier alpha value is -1.99. The lowest BCUT2D eigenvalue weighted by molar-refractivity contribution is 0.196. The number of carbonyl (C=O) groups excluding carboxylic acids is 1. The summed E-state index contributed by atoms with van der Waals surface area (Å²) in [5.41, 5.74) is 1.83. The molecule has 0 unspecified atom stereocenters. The van der Waals surface area contributed by atoms with E-state index in [1.165, 1.54) is 0 Å². The molecule has 7 heteroatoms. The minimum atomic E-state index is -0.188. The van der Waals surface area contributed by atoms with Gasteiger partial charge in [-0.05, 0) is 12.1 Å². The van der Waals surface area contributed by atoms with Crippen LogP contribution in [0.4, 0.5) is 4.79 Å². The molecular weight excluding hydrogens is 288 g/mol. The molecule has 6 nitrogen and oxygen atoms in total. The van der Waals surface area contributed by atoms with Crippen LogP contribution in [0.2, 0.25) is 0 Å². The Balaban J connectivity index is 1.75. The molecule has 2 rings (SSSR count). The maximum atomic E-state index is 11.4. The maximum absolute atomic E-state index is 11.4. The van der Waals surface area contributed by atoms with E-state index in [4.69, 9.17) is 4.74 Å². The lowest BCUT2D eigenvalue weighted by atomic mass is 10.3. The number of hydrogen-bond donors (Lipinski definition) is 2. The van der Waals surface area contributed by atoms with Gasteiger partial charge < -0.3 is 15.4 Å². The summed E-state index contributed by atoms with van der Waals surface area (Å²) in [6.07, 6.45) is 2.45. The Bertz CT molecular complexity index is 559. The smallest absolute Gasteiger partial charge is 0.314 e. The van der Waals surface area contributed by atoms with Crippen LogP contribution in [0.1, 0.15) is 5.69 Å². The number of pyridine rings is 1. The minimum absolute atomic E-state index is 0.188. The van der Waals surface area contributed by atoms with Crippen LogP contribution in [0.15, 0.2) is 29.8 Å². The van der Waals surface area contributed by atoms with E-state index in [0.29, 0.717) is 26.1 Å². The second-order valence-electron chi connectivity index (χ2n) is 4.28. The number of ether oxygens (including phenoxy) is 1. The van der Waals surface area contributed by atoms with Crippen LogP contribution < -0.4 is 10.6 Å². The molecule has 0 aliphatic carbocycles. The molecule has 0 atom stereocenters. The van der Waals surface area contributed by atoms with Gasteiger partial charge in [0.15, 0.2) is 0 Å². The highest BCUT2D eigenvalue weighted by molar-refractivity contribution is 7.13. The molecule has 0 saturated carbocycles. The summed E-state index contributed by atoms with van der Waals surface area (Å²) in [5.74, 6) is 0. The van der Waals surface area contributed by atoms with Crippen LogP contribution >= 0.6 is 11.3 Å². The van der Waals surface area contributed by atoms with Gasteiger partial charge in [-0.2, -0.15) is 0 Å². The van der Waals surface area contributed by atoms with Crippen molar-refractivity contribution in [3.8, 4) is 10.7 Å². The van der Waals surface area contributed by atoms with Crippen molar-refractivity contribution in [3.05, 3.63) is 35.5 Å². The minimum Gasteiger partial charge on any atom is -0.383 e. The third kappa shape index (κ3) is 5.13. The predicted molar refractivity (Wildman–Crippen MR) is 82.3 cm³/mol. The SMILES string of the molecule is COCCNC(=O)NCCc1csc(-c2ccccn2)n1. The van der Waals surface area contributed by atoms with Gasteiger partial charge in [0, 0.05) is 38.2 Å². The summed E-state index contributed by atoms with van der Waals surface area (Å²) in [6, 6.07) is 5.57. The average Bonchev–Trinajstić information content (AvgIpc) is 2.97. The number of aromatic nitrogens is 2. The predicted octanol–water partition coefficient (Wildman–Crippen LogP) is 1.69. The topological polar surface area (TPSA) is 76.1 Å². The van der Waals surface area contributed by atoms with Crippen molar-refractivity contribution in [2.75, 3.05) is 26.8 Å². The molecule has 112 valence electrons. The van der Waals surface area contributed by atoms with E-state index < -0.39 is 0 Å². The molecule has 2 aromatic heterocycles. The molecule has 0 aromatic carbocycles. The van der Waals surface area contributed by atoms with Gasteiger partial charge in [-0.25, -0.2) is 9.78 Å². The Kier molecular flexibility index (Phi) is 6.11. The number of urea groups is 1. The van der Waals surface area contributed by atoms with Gasteiger partial charge in [-0.3, -0.25) is 4.98 Å². The fraction of sp³-hybridized carbons (Fsp3) is 0.357. The number of nitrogens with zero attached hydrogens (tertiary/aromatic N) is 2. The number of hydrogen-bond acceptors (Lipinski definition) is 5. The second kappa shape index (κ2) is 8.33. The van der Waals surface area contributed by atoms with Gasteiger partial charge in [0.1, 0.15) is 5.01 Å². The second-order valence-corrected chi connectivity index (χ2v) is 5.14. The molecule has 0 aliphatic rings. The highest BCUT2D eigenvalue weighted by Crippen LogP contribution is 2.21. The zero-order chi connectivity index (χ0) is 14.9. The van der Waals surface area contributed by atoms with E-state index in [0.717, 1.165) is 16.4 Å². The van der Waals surface area contributed by atoms with Crippen molar-refractivity contribution < 1.29 is 9.53 Å². The molecule has 2 aromatic rings. The first kappa shape index (κ1) is 15.4. The van der Waals surface area contributed by atoms with E-state index in [9.17, 15) is 4.79 Å². The molecule has 2 N–H and O–H groups in total. The van der Waals surface area contributed by atoms with Gasteiger partial charge in [-0.15, -0.1) is 11.3 Å². The number of methoxy groups -OCH3 is 1. The highest BCUT2D eigenvalue weighted by atomic mass is 32.1. The van der Waals surface area contributed by atoms with Crippen molar-refractivity contribution in [1.29, 1.82) is 0 Å². The first-order chi connectivity index (χ1) is 10.3. The van der Waals surface area contributed by atoms with Crippen molar-refractivity contribution in [2.24, 2.45) is 0 Å². The maximum Gasteiger partial charge on any atom is 0.314 e. The van der Waals surface area contributed by atoms with E-state index >= 15 is 0 Å². The molecular formula is C14H18N4O2S. The fourth-order valence-electron chi connectivity index (χ4n) is 1.66. The average molecular weight is 306 g/mol. The summed E-state index contributed by atoms with van der Waals surface area (Å²) in [7, 11) is 1.60. The normalized spacial score (nSPS) is 10.3. The molecule has 2 heterocycles. The molecule has 0 spiro atoms. The molecule has 0 radical (unpaired) electrons. The van der Waals surface area contributed by atoms with Crippen molar-refractivity contribution >= 4 is 17.4 Å². The van der Waals surface area contributed by atoms with Gasteiger partial charge in [0.2, 0.25) is 0 Å². The monoisotopic (exact) mass is 306 g/mol. The molecule has 0 fully saturated rings. The first-order valence-corrected chi connectivity index (χ1v) is 7.54. The molecule has 0 saturated heterocycles. The van der Waals surface area contributed by atoms with Gasteiger partial charge in [0.05, 0.1) is 18.0 Å². The molecule has 0 bridgehead atoms. The van der Waals surface area contributed by atoms with Crippen molar-refractivity contribution in [3.63, 3.8) is 0 Å². The Labute approximate surface area is 127 Å². The Morgan fingerprint density at radius 2 is 2.19 bits per heavy atom. The zero-order valence-corrected chi connectivity index (χ0v) is 12.7. The summed E-state index contributed by atoms with van der Waals surface area (Å²) in [4.78, 5) is 20.2. The largest absolute Gasteiger partial charge is 0.383 e. The van der Waals surface area contributed by atoms with E-state index in [-0.39, 0.29) is 6.03 Å².